The van der Waals surface area contributed by atoms with Gasteiger partial charge in [-0.25, -0.2) is 19.1 Å². The molecule has 4 aromatic rings. The Kier molecular flexibility index (Phi) is 17.8. The smallest absolute Gasteiger partial charge is 0.285 e. The van der Waals surface area contributed by atoms with Crippen LogP contribution >= 0.6 is 18.4 Å². The van der Waals surface area contributed by atoms with Crippen LogP contribution in [-0.2, 0) is 9.47 Å². The molecule has 0 radical (unpaired) electrons. The first-order valence-electron chi connectivity index (χ1n) is 15.2. The molecule has 4 aliphatic rings. The zero-order valence-corrected chi connectivity index (χ0v) is 33.6. The molecule has 0 saturated carbocycles. The van der Waals surface area contributed by atoms with Gasteiger partial charge >= 0.3 is 0 Å². The molecule has 8 rings (SSSR count). The number of aromatic nitrogens is 8. The Balaban J connectivity index is 0.000000291. The Morgan fingerprint density at radius 3 is 1.82 bits per heavy atom. The number of aliphatic hydroxyl groups excluding tert-OH is 10. The van der Waals surface area contributed by atoms with E-state index in [1.165, 1.54) is 17.2 Å². The number of rotatable bonds is 3. The summed E-state index contributed by atoms with van der Waals surface area (Å²) in [6.07, 6.45) is -10.5. The van der Waals surface area contributed by atoms with E-state index in [1.54, 1.807) is 6.92 Å². The van der Waals surface area contributed by atoms with E-state index in [-0.39, 0.29) is 92.9 Å². The van der Waals surface area contributed by atoms with Crippen LogP contribution in [0, 0.1) is 31.1 Å². The van der Waals surface area contributed by atoms with Gasteiger partial charge in [-0.1, -0.05) is 14.9 Å². The van der Waals surface area contributed by atoms with Crippen molar-refractivity contribution < 1.29 is 91.7 Å². The zero-order valence-electron chi connectivity index (χ0n) is 27.3. The SMILES string of the molecule is C.C.C[C@@H]1O[C@H](CO)[C@H](O)C1O.O=c1c2[nH]cnc2nc2n1C(O)C(O)N2.O=c1c2ncn([C@@H]3O[C@H](CO)[C@H](O)C3O)c2nc2n1C(O)C(O)N2.P=NP.[U]. The van der Waals surface area contributed by atoms with Gasteiger partial charge in [-0.15, -0.1) is 0 Å². The first-order chi connectivity index (χ1) is 24.7. The van der Waals surface area contributed by atoms with Crippen molar-refractivity contribution in [1.29, 1.82) is 0 Å². The third-order valence-corrected chi connectivity index (χ3v) is 8.34. The van der Waals surface area contributed by atoms with Crippen LogP contribution in [0.2, 0.25) is 0 Å². The molecular weight excluding hydrogens is 1000 g/mol. The normalized spacial score (nSPS) is 31.0. The van der Waals surface area contributed by atoms with Crippen molar-refractivity contribution in [3.63, 3.8) is 0 Å². The molecule has 28 heteroatoms. The number of H-pyrrole nitrogens is 1. The molecule has 0 aromatic carbocycles. The summed E-state index contributed by atoms with van der Waals surface area (Å²) in [5.41, 5.74) is -0.767. The van der Waals surface area contributed by atoms with Crippen LogP contribution in [0.4, 0.5) is 11.9 Å². The Labute approximate surface area is 339 Å². The van der Waals surface area contributed by atoms with Crippen LogP contribution in [0.3, 0.4) is 0 Å². The average Bonchev–Trinajstić information content (AvgIpc) is 3.96. The number of aromatic amines is 1. The van der Waals surface area contributed by atoms with Crippen LogP contribution in [0.1, 0.15) is 40.5 Å². The second kappa shape index (κ2) is 20.2. The van der Waals surface area contributed by atoms with Gasteiger partial charge in [-0.2, -0.15) is 9.97 Å². The molecule has 0 amide bonds. The fraction of sp³-hybridized carbons (Fsp3) is 0.630. The second-order valence-corrected chi connectivity index (χ2v) is 12.6. The number of ether oxygens (including phenoxy) is 2. The first kappa shape index (κ1) is 48.6. The van der Waals surface area contributed by atoms with Gasteiger partial charge in [0.2, 0.25) is 11.9 Å². The maximum absolute atomic E-state index is 12.4. The van der Waals surface area contributed by atoms with Crippen molar-refractivity contribution in [3.8, 4) is 0 Å². The summed E-state index contributed by atoms with van der Waals surface area (Å²) in [5, 5.41) is 99.0. The van der Waals surface area contributed by atoms with Crippen LogP contribution in [0.25, 0.3) is 22.3 Å². The molecule has 0 spiro atoms. The molecule has 25 nitrogen and oxygen atoms in total. The first-order valence-corrected chi connectivity index (χ1v) is 16.2. The predicted molar refractivity (Wildman–Crippen MR) is 192 cm³/mol. The van der Waals surface area contributed by atoms with E-state index < -0.39 is 85.5 Å². The second-order valence-electron chi connectivity index (χ2n) is 11.6. The molecule has 7 unspecified atom stereocenters. The van der Waals surface area contributed by atoms with Gasteiger partial charge in [-0.05, 0) is 25.3 Å². The van der Waals surface area contributed by atoms with Crippen molar-refractivity contribution >= 4 is 52.6 Å². The Morgan fingerprint density at radius 2 is 1.33 bits per heavy atom. The molecular formula is C27H45N11O14P2U. The summed E-state index contributed by atoms with van der Waals surface area (Å²) in [4.78, 5) is 42.7. The molecule has 13 N–H and O–H groups in total. The number of hydrogen-bond acceptors (Lipinski definition) is 21. The fourth-order valence-corrected chi connectivity index (χ4v) is 5.65. The minimum absolute atomic E-state index is 0. The third-order valence-electron chi connectivity index (χ3n) is 8.34. The minimum atomic E-state index is -1.50. The average molecular weight is 1050 g/mol. The van der Waals surface area contributed by atoms with Gasteiger partial charge in [0.15, 0.2) is 53.5 Å². The molecule has 55 heavy (non-hydrogen) atoms. The number of anilines is 2. The Hall–Kier alpha value is -2.60. The topological polar surface area (TPSA) is 373 Å². The van der Waals surface area contributed by atoms with Gasteiger partial charge in [0.25, 0.3) is 11.1 Å². The van der Waals surface area contributed by atoms with E-state index >= 15 is 0 Å². The maximum atomic E-state index is 12.4. The largest absolute Gasteiger partial charge is 0.394 e. The van der Waals surface area contributed by atoms with Gasteiger partial charge in [-0.3, -0.25) is 18.7 Å². The molecule has 0 bridgehead atoms. The third kappa shape index (κ3) is 9.26. The van der Waals surface area contributed by atoms with Crippen molar-refractivity contribution in [2.75, 3.05) is 23.8 Å². The summed E-state index contributed by atoms with van der Waals surface area (Å²) in [6.45, 7) is 0.916. The van der Waals surface area contributed by atoms with Crippen molar-refractivity contribution in [3.05, 3.63) is 33.4 Å². The van der Waals surface area contributed by atoms with Crippen molar-refractivity contribution in [2.24, 2.45) is 4.52 Å². The summed E-state index contributed by atoms with van der Waals surface area (Å²) in [5.74, 6) is 0.0422. The van der Waals surface area contributed by atoms with Crippen molar-refractivity contribution in [2.45, 2.75) is 95.6 Å². The van der Waals surface area contributed by atoms with E-state index in [0.717, 1.165) is 9.13 Å². The zero-order chi connectivity index (χ0) is 38.2. The van der Waals surface area contributed by atoms with Crippen LogP contribution in [0.15, 0.2) is 26.8 Å². The fourth-order valence-electron chi connectivity index (χ4n) is 5.65. The minimum Gasteiger partial charge on any atom is -0.394 e. The van der Waals surface area contributed by atoms with Crippen LogP contribution < -0.4 is 21.8 Å². The molecule has 0 aliphatic carbocycles. The Morgan fingerprint density at radius 1 is 0.818 bits per heavy atom. The number of nitrogens with one attached hydrogen (secondary N) is 3. The molecule has 4 aromatic heterocycles. The van der Waals surface area contributed by atoms with Gasteiger partial charge in [0, 0.05) is 31.1 Å². The standard InChI is InChI=1S/C12H15N5O7.C7H7N5O3.C6H12O4.2CH4.H3NP2.U/c18-1-3-5(19)6(20)11(24-3)16-2-13-4-7(16)14-12-15-8(21)10(23)17(12)9(4)22;13-4-6(15)12-5(14)2-3(9-1-8-2)10-7(12)11-4;1-3-5(8)6(9)4(2-7)10-3;;;2-1-3;/h2-3,5-6,8,10-11,18-21,23H,1H2,(H,14,15);1,4,6,13,15H,(H,8,9)(H,10,11);3-9H,2H2,1H3;2*1H4;2H,3H2;/t3-,5+,6?,8?,10?,11-;;3-,4+,5?,6-;;;;/m1.0..../s1. The van der Waals surface area contributed by atoms with E-state index in [4.69, 9.17) is 29.9 Å². The van der Waals surface area contributed by atoms with E-state index in [0.29, 0.717) is 0 Å². The molecule has 4 aliphatic heterocycles. The molecule has 306 valence electrons. The Bertz CT molecular complexity index is 2000. The van der Waals surface area contributed by atoms with E-state index in [9.17, 15) is 40.2 Å². The summed E-state index contributed by atoms with van der Waals surface area (Å²) in [6, 6.07) is 0. The number of hydrogen-bond donors (Lipinski definition) is 13. The molecule has 2 fully saturated rings. The molecule has 2 saturated heterocycles. The predicted octanol–water partition coefficient (Wildman–Crippen LogP) is -4.34. The monoisotopic (exact) mass is 1050 g/mol. The number of imidazole rings is 2. The van der Waals surface area contributed by atoms with Crippen LogP contribution in [-0.4, -0.2) is 158 Å². The van der Waals surface area contributed by atoms with Crippen LogP contribution in [0.5, 0.6) is 0 Å². The van der Waals surface area contributed by atoms with E-state index in [2.05, 4.69) is 58.5 Å². The maximum Gasteiger partial charge on any atom is 0.285 e. The summed E-state index contributed by atoms with van der Waals surface area (Å²) >= 11 is 0. The van der Waals surface area contributed by atoms with Gasteiger partial charge in [0.1, 0.15) is 36.6 Å². The van der Waals surface area contributed by atoms with Gasteiger partial charge in [0.05, 0.1) is 32.0 Å². The number of aliphatic hydroxyl groups is 10. The van der Waals surface area contributed by atoms with E-state index in [1.807, 2.05) is 0 Å². The summed E-state index contributed by atoms with van der Waals surface area (Å²) < 4.78 is 16.7. The van der Waals surface area contributed by atoms with Gasteiger partial charge < -0.3 is 76.2 Å². The van der Waals surface area contributed by atoms with Crippen molar-refractivity contribution in [1.82, 2.24) is 38.6 Å². The number of fused-ring (bicyclic) bond motifs is 4. The molecule has 8 heterocycles. The molecule has 13 atom stereocenters. The summed E-state index contributed by atoms with van der Waals surface area (Å²) in [7, 11) is 4.89. The quantitative estimate of drug-likeness (QED) is 0.0863. The number of nitrogens with zero attached hydrogens (tertiary/aromatic N) is 8.